The Morgan fingerprint density at radius 3 is 2.55 bits per heavy atom. The van der Waals surface area contributed by atoms with E-state index in [2.05, 4.69) is 37.0 Å². The molecule has 152 valence electrons. The molecule has 0 bridgehead atoms. The number of hydrogen-bond acceptors (Lipinski definition) is 8. The molecule has 0 aliphatic heterocycles. The van der Waals surface area contributed by atoms with Gasteiger partial charge in [0.1, 0.15) is 22.7 Å². The summed E-state index contributed by atoms with van der Waals surface area (Å²) in [6.45, 7) is 3.30. The lowest BCUT2D eigenvalue weighted by Crippen LogP contribution is -2.29. The molecule has 0 atom stereocenters. The highest BCUT2D eigenvalue weighted by Crippen LogP contribution is 2.36. The molecule has 0 amide bonds. The predicted octanol–water partition coefficient (Wildman–Crippen LogP) is 3.92. The van der Waals surface area contributed by atoms with Crippen molar-refractivity contribution in [3.8, 4) is 6.07 Å². The first-order valence-corrected chi connectivity index (χ1v) is 8.79. The van der Waals surface area contributed by atoms with E-state index in [9.17, 15) is 18.4 Å². The van der Waals surface area contributed by atoms with Gasteiger partial charge in [-0.1, -0.05) is 0 Å². The summed E-state index contributed by atoms with van der Waals surface area (Å²) in [4.78, 5) is 11.9. The molecule has 8 nitrogen and oxygen atoms in total. The van der Waals surface area contributed by atoms with Crippen molar-refractivity contribution >= 4 is 29.5 Å². The third-order valence-electron chi connectivity index (χ3n) is 4.10. The number of nitrogens with one attached hydrogen (secondary N) is 4. The molecular weight excluding hydrogens is 385 g/mol. The van der Waals surface area contributed by atoms with E-state index < -0.39 is 17.3 Å². The fourth-order valence-corrected chi connectivity index (χ4v) is 2.45. The Balaban J connectivity index is 1.93. The second kappa shape index (κ2) is 7.54. The van der Waals surface area contributed by atoms with Gasteiger partial charge >= 0.3 is 6.18 Å². The summed E-state index contributed by atoms with van der Waals surface area (Å²) in [6.07, 6.45) is 0.194. The highest BCUT2D eigenvalue weighted by Gasteiger charge is 2.37. The maximum atomic E-state index is 13.2. The quantitative estimate of drug-likeness (QED) is 0.516. The zero-order valence-corrected chi connectivity index (χ0v) is 15.7. The smallest absolute Gasteiger partial charge is 0.367 e. The highest BCUT2D eigenvalue weighted by atomic mass is 19.4. The number of nitriles is 1. The van der Waals surface area contributed by atoms with Crippen molar-refractivity contribution in [3.05, 3.63) is 29.6 Å². The van der Waals surface area contributed by atoms with Crippen LogP contribution in [0.2, 0.25) is 0 Å². The van der Waals surface area contributed by atoms with Crippen LogP contribution in [0.15, 0.2) is 18.5 Å². The third-order valence-corrected chi connectivity index (χ3v) is 4.10. The molecule has 1 aliphatic rings. The van der Waals surface area contributed by atoms with E-state index in [1.807, 2.05) is 0 Å². The van der Waals surface area contributed by atoms with Crippen molar-refractivity contribution in [3.63, 3.8) is 0 Å². The molecule has 0 unspecified atom stereocenters. The van der Waals surface area contributed by atoms with Gasteiger partial charge in [0.05, 0.1) is 17.3 Å². The fourth-order valence-electron chi connectivity index (χ4n) is 2.45. The molecule has 3 rings (SSSR count). The van der Waals surface area contributed by atoms with Crippen LogP contribution in [-0.2, 0) is 6.18 Å². The first kappa shape index (κ1) is 20.3. The Morgan fingerprint density at radius 1 is 1.24 bits per heavy atom. The van der Waals surface area contributed by atoms with Crippen LogP contribution < -0.4 is 16.0 Å². The van der Waals surface area contributed by atoms with Gasteiger partial charge < -0.3 is 21.4 Å². The van der Waals surface area contributed by atoms with Gasteiger partial charge in [-0.25, -0.2) is 9.97 Å². The van der Waals surface area contributed by atoms with E-state index in [0.29, 0.717) is 11.3 Å². The van der Waals surface area contributed by atoms with Crippen molar-refractivity contribution in [1.82, 2.24) is 15.0 Å². The molecule has 1 saturated carbocycles. The minimum absolute atomic E-state index is 0.0269. The lowest BCUT2D eigenvalue weighted by atomic mass is 10.1. The lowest BCUT2D eigenvalue weighted by Gasteiger charge is -2.21. The zero-order valence-electron chi connectivity index (χ0n) is 15.7. The average molecular weight is 404 g/mol. The first-order chi connectivity index (χ1) is 13.6. The van der Waals surface area contributed by atoms with Crippen LogP contribution >= 0.6 is 0 Å². The largest absolute Gasteiger partial charge is 0.421 e. The van der Waals surface area contributed by atoms with Gasteiger partial charge in [-0.3, -0.25) is 0 Å². The van der Waals surface area contributed by atoms with Crippen LogP contribution in [0.3, 0.4) is 0 Å². The number of anilines is 4. The number of nitrogens with zero attached hydrogens (tertiary/aromatic N) is 4. The Hall–Kier alpha value is -3.42. The number of pyridine rings is 1. The summed E-state index contributed by atoms with van der Waals surface area (Å²) in [5.41, 5.74) is -1.19. The maximum absolute atomic E-state index is 13.2. The molecule has 11 heteroatoms. The summed E-state index contributed by atoms with van der Waals surface area (Å²) in [5.74, 6) is -0.0624. The van der Waals surface area contributed by atoms with E-state index in [1.54, 1.807) is 19.9 Å². The monoisotopic (exact) mass is 404 g/mol. The number of hydrogen-bond donors (Lipinski definition) is 4. The topological polar surface area (TPSA) is 122 Å². The number of halogens is 3. The van der Waals surface area contributed by atoms with Crippen LogP contribution in [0.4, 0.5) is 36.4 Å². The number of rotatable bonds is 7. The van der Waals surface area contributed by atoms with Gasteiger partial charge in [-0.2, -0.15) is 23.4 Å². The SMILES string of the molecule is CC(C)(C#N)Nc1nccc(Nc2ncc(C(F)(F)F)c(NC3CC3)n2)c1C=N. The van der Waals surface area contributed by atoms with Crippen LogP contribution in [0, 0.1) is 16.7 Å². The van der Waals surface area contributed by atoms with Crippen molar-refractivity contribution in [2.45, 2.75) is 44.4 Å². The average Bonchev–Trinajstić information content (AvgIpc) is 3.45. The molecule has 2 aromatic heterocycles. The van der Waals surface area contributed by atoms with Gasteiger partial charge in [0.15, 0.2) is 0 Å². The fraction of sp³-hybridized carbons (Fsp3) is 0.389. The molecule has 4 N–H and O–H groups in total. The second-order valence-electron chi connectivity index (χ2n) is 7.12. The molecule has 0 radical (unpaired) electrons. The van der Waals surface area contributed by atoms with E-state index in [4.69, 9.17) is 5.41 Å². The maximum Gasteiger partial charge on any atom is 0.421 e. The Labute approximate surface area is 165 Å². The summed E-state index contributed by atoms with van der Waals surface area (Å²) >= 11 is 0. The van der Waals surface area contributed by atoms with Gasteiger partial charge in [0.25, 0.3) is 0 Å². The molecule has 29 heavy (non-hydrogen) atoms. The molecule has 2 aromatic rings. The molecule has 2 heterocycles. The van der Waals surface area contributed by atoms with E-state index >= 15 is 0 Å². The number of aromatic nitrogens is 3. The molecule has 0 spiro atoms. The van der Waals surface area contributed by atoms with Crippen molar-refractivity contribution in [1.29, 1.82) is 10.7 Å². The minimum Gasteiger partial charge on any atom is -0.367 e. The number of alkyl halides is 3. The highest BCUT2D eigenvalue weighted by molar-refractivity contribution is 5.93. The standard InChI is InChI=1S/C18H19F3N8/c1-17(2,9-23)29-14-11(7-22)13(5-6-24-14)27-16-25-8-12(18(19,20)21)15(28-16)26-10-3-4-10/h5-8,10,22H,3-4H2,1-2H3,(H3,24,25,26,27,28,29). The summed E-state index contributed by atoms with van der Waals surface area (Å²) < 4.78 is 39.7. The van der Waals surface area contributed by atoms with E-state index in [-0.39, 0.29) is 23.6 Å². The molecule has 0 aromatic carbocycles. The first-order valence-electron chi connectivity index (χ1n) is 8.79. The lowest BCUT2D eigenvalue weighted by molar-refractivity contribution is -0.137. The van der Waals surface area contributed by atoms with Gasteiger partial charge in [-0.15, -0.1) is 0 Å². The van der Waals surface area contributed by atoms with Crippen molar-refractivity contribution < 1.29 is 13.2 Å². The van der Waals surface area contributed by atoms with Crippen LogP contribution in [0.25, 0.3) is 0 Å². The zero-order chi connectivity index (χ0) is 21.2. The Bertz CT molecular complexity index is 961. The Morgan fingerprint density at radius 2 is 1.97 bits per heavy atom. The van der Waals surface area contributed by atoms with Crippen molar-refractivity contribution in [2.75, 3.05) is 16.0 Å². The molecular formula is C18H19F3N8. The molecule has 1 aliphatic carbocycles. The molecule has 0 saturated heterocycles. The summed E-state index contributed by atoms with van der Waals surface area (Å²) in [5, 5.41) is 25.4. The summed E-state index contributed by atoms with van der Waals surface area (Å²) in [7, 11) is 0. The molecule has 1 fully saturated rings. The minimum atomic E-state index is -4.58. The van der Waals surface area contributed by atoms with Gasteiger partial charge in [0, 0.05) is 24.7 Å². The van der Waals surface area contributed by atoms with E-state index in [0.717, 1.165) is 25.3 Å². The van der Waals surface area contributed by atoms with Gasteiger partial charge in [-0.05, 0) is 32.8 Å². The van der Waals surface area contributed by atoms with Crippen LogP contribution in [-0.4, -0.2) is 32.7 Å². The van der Waals surface area contributed by atoms with Crippen LogP contribution in [0.1, 0.15) is 37.8 Å². The summed E-state index contributed by atoms with van der Waals surface area (Å²) in [6, 6.07) is 3.59. The van der Waals surface area contributed by atoms with Crippen LogP contribution in [0.5, 0.6) is 0 Å². The van der Waals surface area contributed by atoms with E-state index in [1.165, 1.54) is 6.20 Å². The normalized spacial score (nSPS) is 14.1. The van der Waals surface area contributed by atoms with Gasteiger partial charge in [0.2, 0.25) is 5.95 Å². The third kappa shape index (κ3) is 4.90. The Kier molecular flexibility index (Phi) is 5.28. The predicted molar refractivity (Wildman–Crippen MR) is 102 cm³/mol. The van der Waals surface area contributed by atoms with Crippen molar-refractivity contribution in [2.24, 2.45) is 0 Å². The second-order valence-corrected chi connectivity index (χ2v) is 7.12.